The van der Waals surface area contributed by atoms with Crippen molar-refractivity contribution in [2.75, 3.05) is 26.9 Å². The van der Waals surface area contributed by atoms with Gasteiger partial charge in [-0.05, 0) is 19.9 Å². The van der Waals surface area contributed by atoms with Crippen LogP contribution in [0, 0.1) is 11.3 Å². The third-order valence-corrected chi connectivity index (χ3v) is 2.15. The Morgan fingerprint density at radius 3 is 3.15 bits per heavy atom. The second kappa shape index (κ2) is 5.92. The number of rotatable bonds is 5. The second-order valence-electron chi connectivity index (χ2n) is 3.12. The highest BCUT2D eigenvalue weighted by Gasteiger charge is 2.16. The fraction of sp³-hybridized carbons (Fsp3) is 0.889. The van der Waals surface area contributed by atoms with Gasteiger partial charge in [-0.25, -0.2) is 0 Å². The molecule has 4 heteroatoms. The molecule has 0 saturated carbocycles. The third-order valence-electron chi connectivity index (χ3n) is 2.15. The first kappa shape index (κ1) is 10.5. The first-order valence-corrected chi connectivity index (χ1v) is 4.63. The molecule has 4 nitrogen and oxygen atoms in total. The Morgan fingerprint density at radius 1 is 1.77 bits per heavy atom. The van der Waals surface area contributed by atoms with Gasteiger partial charge in [-0.3, -0.25) is 0 Å². The first-order valence-electron chi connectivity index (χ1n) is 4.63. The summed E-state index contributed by atoms with van der Waals surface area (Å²) in [6.45, 7) is 2.14. The van der Waals surface area contributed by atoms with Gasteiger partial charge in [0.25, 0.3) is 0 Å². The molecule has 1 aliphatic rings. The third kappa shape index (κ3) is 3.73. The van der Waals surface area contributed by atoms with Gasteiger partial charge in [0.05, 0.1) is 24.8 Å². The maximum atomic E-state index is 8.63. The van der Waals surface area contributed by atoms with Crippen molar-refractivity contribution in [1.29, 1.82) is 5.26 Å². The maximum absolute atomic E-state index is 8.63. The number of nitrogens with one attached hydrogen (secondary N) is 1. The average Bonchev–Trinajstić information content (AvgIpc) is 2.65. The quantitative estimate of drug-likeness (QED) is 0.667. The van der Waals surface area contributed by atoms with Gasteiger partial charge < -0.3 is 14.8 Å². The second-order valence-corrected chi connectivity index (χ2v) is 3.12. The maximum Gasteiger partial charge on any atom is 0.0972 e. The minimum Gasteiger partial charge on any atom is -0.379 e. The van der Waals surface area contributed by atoms with Crippen molar-refractivity contribution in [3.63, 3.8) is 0 Å². The Hall–Kier alpha value is -0.630. The molecule has 1 fully saturated rings. The van der Waals surface area contributed by atoms with Crippen LogP contribution in [0.25, 0.3) is 0 Å². The molecule has 2 unspecified atom stereocenters. The number of nitriles is 1. The van der Waals surface area contributed by atoms with E-state index in [2.05, 4.69) is 11.4 Å². The van der Waals surface area contributed by atoms with Crippen molar-refractivity contribution in [3.8, 4) is 6.07 Å². The number of ether oxygens (including phenoxy) is 2. The molecule has 1 saturated heterocycles. The predicted octanol–water partition coefficient (Wildman–Crippen LogP) is 0.294. The van der Waals surface area contributed by atoms with Gasteiger partial charge in [0.1, 0.15) is 0 Å². The van der Waals surface area contributed by atoms with Gasteiger partial charge in [0, 0.05) is 13.2 Å². The fourth-order valence-corrected chi connectivity index (χ4v) is 1.27. The lowest BCUT2D eigenvalue weighted by Crippen LogP contribution is -2.26. The summed E-state index contributed by atoms with van der Waals surface area (Å²) >= 11 is 0. The van der Waals surface area contributed by atoms with Crippen molar-refractivity contribution >= 4 is 0 Å². The van der Waals surface area contributed by atoms with E-state index >= 15 is 0 Å². The minimum atomic E-state index is -0.0951. The van der Waals surface area contributed by atoms with E-state index in [1.165, 1.54) is 0 Å². The molecule has 0 bridgehead atoms. The van der Waals surface area contributed by atoms with E-state index in [9.17, 15) is 0 Å². The topological polar surface area (TPSA) is 54.3 Å². The molecule has 0 aromatic carbocycles. The molecule has 0 aliphatic carbocycles. The first-order chi connectivity index (χ1) is 6.36. The summed E-state index contributed by atoms with van der Waals surface area (Å²) in [6.07, 6.45) is 1.97. The summed E-state index contributed by atoms with van der Waals surface area (Å²) in [5, 5.41) is 11.5. The molecule has 1 aliphatic heterocycles. The Kier molecular flexibility index (Phi) is 4.76. The van der Waals surface area contributed by atoms with Crippen LogP contribution in [0.5, 0.6) is 0 Å². The minimum absolute atomic E-state index is 0.0951. The Balaban J connectivity index is 2.02. The van der Waals surface area contributed by atoms with Gasteiger partial charge in [-0.15, -0.1) is 0 Å². The summed E-state index contributed by atoms with van der Waals surface area (Å²) in [5.74, 6) is 0. The normalized spacial score (nSPS) is 24.2. The van der Waals surface area contributed by atoms with Gasteiger partial charge in [-0.2, -0.15) is 5.26 Å². The molecular formula is C9H16N2O2. The van der Waals surface area contributed by atoms with E-state index in [0.29, 0.717) is 13.2 Å². The largest absolute Gasteiger partial charge is 0.379 e. The van der Waals surface area contributed by atoms with E-state index in [4.69, 9.17) is 14.7 Å². The van der Waals surface area contributed by atoms with Crippen molar-refractivity contribution in [1.82, 2.24) is 5.32 Å². The summed E-state index contributed by atoms with van der Waals surface area (Å²) in [4.78, 5) is 0. The van der Waals surface area contributed by atoms with Crippen LogP contribution in [-0.4, -0.2) is 39.0 Å². The summed E-state index contributed by atoms with van der Waals surface area (Å²) in [6, 6.07) is 2.06. The lowest BCUT2D eigenvalue weighted by atomic mass is 10.2. The van der Waals surface area contributed by atoms with Crippen molar-refractivity contribution in [2.24, 2.45) is 0 Å². The smallest absolute Gasteiger partial charge is 0.0972 e. The molecule has 0 aromatic heterocycles. The zero-order chi connectivity index (χ0) is 9.52. The van der Waals surface area contributed by atoms with Crippen LogP contribution in [0.2, 0.25) is 0 Å². The lowest BCUT2D eigenvalue weighted by molar-refractivity contribution is 0.0398. The van der Waals surface area contributed by atoms with Crippen LogP contribution in [0.3, 0.4) is 0 Å². The van der Waals surface area contributed by atoms with Crippen LogP contribution < -0.4 is 5.32 Å². The number of nitrogens with zero attached hydrogens (tertiary/aromatic N) is 1. The molecular weight excluding hydrogens is 168 g/mol. The van der Waals surface area contributed by atoms with E-state index in [-0.39, 0.29) is 12.1 Å². The zero-order valence-corrected chi connectivity index (χ0v) is 7.95. The average molecular weight is 184 g/mol. The molecule has 1 heterocycles. The van der Waals surface area contributed by atoms with Crippen molar-refractivity contribution < 1.29 is 9.47 Å². The van der Waals surface area contributed by atoms with Crippen LogP contribution >= 0.6 is 0 Å². The SMILES string of the molecule is CNC(C#N)CCOC1CCOC1. The highest BCUT2D eigenvalue weighted by atomic mass is 16.5. The van der Waals surface area contributed by atoms with E-state index in [1.54, 1.807) is 7.05 Å². The molecule has 1 rings (SSSR count). The predicted molar refractivity (Wildman–Crippen MR) is 48.3 cm³/mol. The molecule has 74 valence electrons. The highest BCUT2D eigenvalue weighted by Crippen LogP contribution is 2.08. The standard InChI is InChI=1S/C9H16N2O2/c1-11-8(6-10)2-5-13-9-3-4-12-7-9/h8-9,11H,2-5,7H2,1H3. The van der Waals surface area contributed by atoms with Gasteiger partial charge in [0.15, 0.2) is 0 Å². The zero-order valence-electron chi connectivity index (χ0n) is 7.95. The van der Waals surface area contributed by atoms with E-state index in [0.717, 1.165) is 19.4 Å². The molecule has 1 N–H and O–H groups in total. The van der Waals surface area contributed by atoms with Crippen LogP contribution in [-0.2, 0) is 9.47 Å². The molecule has 0 amide bonds. The molecule has 2 atom stereocenters. The lowest BCUT2D eigenvalue weighted by Gasteiger charge is -2.11. The van der Waals surface area contributed by atoms with Crippen molar-refractivity contribution in [3.05, 3.63) is 0 Å². The van der Waals surface area contributed by atoms with Gasteiger partial charge in [-0.1, -0.05) is 0 Å². The van der Waals surface area contributed by atoms with E-state index in [1.807, 2.05) is 0 Å². The Morgan fingerprint density at radius 2 is 2.62 bits per heavy atom. The molecule has 0 aromatic rings. The van der Waals surface area contributed by atoms with Crippen molar-refractivity contribution in [2.45, 2.75) is 25.0 Å². The Bertz CT molecular complexity index is 173. The van der Waals surface area contributed by atoms with Crippen LogP contribution in [0.15, 0.2) is 0 Å². The van der Waals surface area contributed by atoms with Gasteiger partial charge in [0.2, 0.25) is 0 Å². The monoisotopic (exact) mass is 184 g/mol. The summed E-state index contributed by atoms with van der Waals surface area (Å²) < 4.78 is 10.7. The molecule has 0 radical (unpaired) electrons. The fourth-order valence-electron chi connectivity index (χ4n) is 1.27. The summed E-state index contributed by atoms with van der Waals surface area (Å²) in [5.41, 5.74) is 0. The number of hydrogen-bond acceptors (Lipinski definition) is 4. The van der Waals surface area contributed by atoms with E-state index < -0.39 is 0 Å². The Labute approximate surface area is 78.8 Å². The molecule has 13 heavy (non-hydrogen) atoms. The highest BCUT2D eigenvalue weighted by molar-refractivity contribution is 4.88. The summed E-state index contributed by atoms with van der Waals surface area (Å²) in [7, 11) is 1.78. The van der Waals surface area contributed by atoms with Gasteiger partial charge >= 0.3 is 0 Å². The molecule has 0 spiro atoms. The number of hydrogen-bond donors (Lipinski definition) is 1. The van der Waals surface area contributed by atoms with Crippen LogP contribution in [0.4, 0.5) is 0 Å². The van der Waals surface area contributed by atoms with Crippen LogP contribution in [0.1, 0.15) is 12.8 Å².